The monoisotopic (exact) mass is 506 g/mol. The van der Waals surface area contributed by atoms with Crippen LogP contribution in [-0.2, 0) is 17.1 Å². The molecule has 33 heavy (non-hydrogen) atoms. The van der Waals surface area contributed by atoms with Crippen molar-refractivity contribution in [2.45, 2.75) is 18.5 Å². The molecule has 172 valence electrons. The Morgan fingerprint density at radius 2 is 2.12 bits per heavy atom. The van der Waals surface area contributed by atoms with Crippen LogP contribution in [0.4, 0.5) is 4.39 Å². The van der Waals surface area contributed by atoms with Gasteiger partial charge in [0, 0.05) is 65.7 Å². The van der Waals surface area contributed by atoms with E-state index in [9.17, 15) is 12.8 Å². The van der Waals surface area contributed by atoms with Crippen molar-refractivity contribution in [1.82, 2.24) is 24.4 Å². The predicted molar refractivity (Wildman–Crippen MR) is 126 cm³/mol. The molecule has 0 bridgehead atoms. The molecular weight excluding hydrogens is 487 g/mol. The van der Waals surface area contributed by atoms with Crippen molar-refractivity contribution in [3.8, 4) is 0 Å². The van der Waals surface area contributed by atoms with Crippen LogP contribution in [0.15, 0.2) is 52.7 Å². The average Bonchev–Trinajstić information content (AvgIpc) is 3.46. The molecule has 3 aromatic rings. The summed E-state index contributed by atoms with van der Waals surface area (Å²) in [6, 6.07) is 5.23. The topological polar surface area (TPSA) is 92.5 Å². The van der Waals surface area contributed by atoms with Gasteiger partial charge in [0.15, 0.2) is 10.8 Å². The summed E-state index contributed by atoms with van der Waals surface area (Å²) in [7, 11) is -1.59. The molecule has 0 amide bonds. The van der Waals surface area contributed by atoms with Gasteiger partial charge in [0.25, 0.3) is 0 Å². The Hall–Kier alpha value is -2.60. The fraction of sp³-hybridized carbons (Fsp3) is 0.286. The fourth-order valence-corrected chi connectivity index (χ4v) is 5.98. The second-order valence-electron chi connectivity index (χ2n) is 8.00. The molecule has 4 heterocycles. The van der Waals surface area contributed by atoms with Gasteiger partial charge in [-0.3, -0.25) is 9.67 Å². The predicted octanol–water partition coefficient (Wildman–Crippen LogP) is 3.21. The number of benzene rings is 1. The maximum absolute atomic E-state index is 13.8. The van der Waals surface area contributed by atoms with E-state index < -0.39 is 21.9 Å². The summed E-state index contributed by atoms with van der Waals surface area (Å²) >= 11 is 7.92. The number of sulfonamides is 1. The van der Waals surface area contributed by atoms with E-state index in [1.165, 1.54) is 23.5 Å². The highest BCUT2D eigenvalue weighted by Gasteiger charge is 2.41. The lowest BCUT2D eigenvalue weighted by Crippen LogP contribution is -2.38. The standard InChI is InChI=1S/C21H20ClFN6O2S2/c1-28-7-5-16(26-28)18-17-10-13(27-33(2,30)31)11-29(17)20(21-24-6-8-32-21)25-19(18)14-4-3-12(23)9-15(14)22/h3-9,13,19,27H,10-11H2,1-2H3/t13-,19-/m0/s1. The molecule has 8 nitrogen and oxygen atoms in total. The number of fused-ring (bicyclic) bond motifs is 1. The van der Waals surface area contributed by atoms with E-state index in [0.717, 1.165) is 17.5 Å². The van der Waals surface area contributed by atoms with Crippen LogP contribution in [-0.4, -0.2) is 52.8 Å². The molecule has 0 unspecified atom stereocenters. The van der Waals surface area contributed by atoms with Gasteiger partial charge in [-0.25, -0.2) is 22.5 Å². The van der Waals surface area contributed by atoms with E-state index in [-0.39, 0.29) is 11.1 Å². The van der Waals surface area contributed by atoms with Crippen LogP contribution in [0.25, 0.3) is 5.57 Å². The molecule has 2 aliphatic rings. The molecule has 0 spiro atoms. The molecule has 1 saturated heterocycles. The summed E-state index contributed by atoms with van der Waals surface area (Å²) in [6.45, 7) is 0.404. The Bertz CT molecular complexity index is 1380. The van der Waals surface area contributed by atoms with Crippen molar-refractivity contribution >= 4 is 44.4 Å². The van der Waals surface area contributed by atoms with Crippen molar-refractivity contribution < 1.29 is 12.8 Å². The molecule has 1 N–H and O–H groups in total. The number of nitrogens with one attached hydrogen (secondary N) is 1. The van der Waals surface area contributed by atoms with Crippen LogP contribution >= 0.6 is 22.9 Å². The molecule has 1 aromatic carbocycles. The smallest absolute Gasteiger partial charge is 0.209 e. The lowest BCUT2D eigenvalue weighted by atomic mass is 9.92. The van der Waals surface area contributed by atoms with E-state index in [0.29, 0.717) is 35.1 Å². The molecule has 2 atom stereocenters. The Balaban J connectivity index is 1.72. The zero-order valence-electron chi connectivity index (χ0n) is 17.7. The minimum Gasteiger partial charge on any atom is -0.326 e. The van der Waals surface area contributed by atoms with Crippen molar-refractivity contribution in [1.29, 1.82) is 0 Å². The minimum atomic E-state index is -3.41. The number of halogens is 2. The van der Waals surface area contributed by atoms with Crippen molar-refractivity contribution in [2.75, 3.05) is 12.8 Å². The fourth-order valence-electron chi connectivity index (χ4n) is 4.30. The third kappa shape index (κ3) is 4.33. The van der Waals surface area contributed by atoms with Crippen LogP contribution in [0.5, 0.6) is 0 Å². The molecule has 1 fully saturated rings. The first-order valence-electron chi connectivity index (χ1n) is 10.1. The maximum Gasteiger partial charge on any atom is 0.209 e. The van der Waals surface area contributed by atoms with E-state index in [2.05, 4.69) is 14.8 Å². The van der Waals surface area contributed by atoms with Gasteiger partial charge in [0.1, 0.15) is 11.9 Å². The molecule has 2 aliphatic heterocycles. The van der Waals surface area contributed by atoms with Crippen LogP contribution in [0, 0.1) is 5.82 Å². The first kappa shape index (κ1) is 22.2. The summed E-state index contributed by atoms with van der Waals surface area (Å²) in [5.41, 5.74) is 3.03. The highest BCUT2D eigenvalue weighted by Crippen LogP contribution is 2.46. The summed E-state index contributed by atoms with van der Waals surface area (Å²) in [4.78, 5) is 11.5. The summed E-state index contributed by atoms with van der Waals surface area (Å²) in [5.74, 6) is 0.193. The third-order valence-electron chi connectivity index (χ3n) is 5.51. The molecule has 12 heteroatoms. The number of aliphatic imine (C=N–C) groups is 1. The summed E-state index contributed by atoms with van der Waals surface area (Å²) < 4.78 is 42.2. The Kier molecular flexibility index (Phi) is 5.60. The minimum absolute atomic E-state index is 0.258. The number of nitrogens with zero attached hydrogens (tertiary/aromatic N) is 5. The number of hydrogen-bond acceptors (Lipinski definition) is 7. The number of rotatable bonds is 5. The Morgan fingerprint density at radius 1 is 1.30 bits per heavy atom. The number of aromatic nitrogens is 3. The zero-order chi connectivity index (χ0) is 23.3. The van der Waals surface area contributed by atoms with E-state index in [4.69, 9.17) is 16.6 Å². The molecule has 0 radical (unpaired) electrons. The average molecular weight is 507 g/mol. The number of aryl methyl sites for hydroxylation is 1. The maximum atomic E-state index is 13.8. The quantitative estimate of drug-likeness (QED) is 0.573. The first-order valence-corrected chi connectivity index (χ1v) is 13.2. The van der Waals surface area contributed by atoms with Gasteiger partial charge in [0.2, 0.25) is 10.0 Å². The second kappa shape index (κ2) is 8.32. The van der Waals surface area contributed by atoms with Gasteiger partial charge >= 0.3 is 0 Å². The molecule has 5 rings (SSSR count). The summed E-state index contributed by atoms with van der Waals surface area (Å²) in [6.07, 6.45) is 5.12. The highest BCUT2D eigenvalue weighted by atomic mass is 35.5. The SMILES string of the molecule is Cn1ccc(C2=C3C[C@H](NS(C)(=O)=O)CN3C(c3nccs3)=N[C@H]2c2ccc(F)cc2Cl)n1. The van der Waals surface area contributed by atoms with Gasteiger partial charge in [-0.05, 0) is 18.2 Å². The first-order chi connectivity index (χ1) is 15.7. The van der Waals surface area contributed by atoms with Gasteiger partial charge in [-0.1, -0.05) is 17.7 Å². The van der Waals surface area contributed by atoms with Crippen molar-refractivity contribution in [2.24, 2.45) is 12.0 Å². The van der Waals surface area contributed by atoms with E-state index in [1.807, 2.05) is 29.6 Å². The Labute approximate surface area is 199 Å². The van der Waals surface area contributed by atoms with Gasteiger partial charge < -0.3 is 4.90 Å². The van der Waals surface area contributed by atoms with Gasteiger partial charge in [0.05, 0.1) is 11.9 Å². The largest absolute Gasteiger partial charge is 0.326 e. The number of amidine groups is 1. The van der Waals surface area contributed by atoms with E-state index >= 15 is 0 Å². The number of hydrogen-bond donors (Lipinski definition) is 1. The van der Waals surface area contributed by atoms with Crippen LogP contribution < -0.4 is 4.72 Å². The van der Waals surface area contributed by atoms with E-state index in [1.54, 1.807) is 16.9 Å². The Morgan fingerprint density at radius 3 is 2.76 bits per heavy atom. The lowest BCUT2D eigenvalue weighted by Gasteiger charge is -2.32. The molecule has 0 saturated carbocycles. The molecule has 2 aromatic heterocycles. The van der Waals surface area contributed by atoms with Gasteiger partial charge in [-0.15, -0.1) is 11.3 Å². The van der Waals surface area contributed by atoms with Crippen LogP contribution in [0.1, 0.15) is 28.7 Å². The zero-order valence-corrected chi connectivity index (χ0v) is 20.1. The van der Waals surface area contributed by atoms with Crippen LogP contribution in [0.2, 0.25) is 5.02 Å². The highest BCUT2D eigenvalue weighted by molar-refractivity contribution is 7.88. The van der Waals surface area contributed by atoms with Crippen molar-refractivity contribution in [3.63, 3.8) is 0 Å². The molecular formula is C21H20ClFN6O2S2. The normalized spacial score (nSPS) is 20.8. The van der Waals surface area contributed by atoms with Crippen LogP contribution in [0.3, 0.4) is 0 Å². The second-order valence-corrected chi connectivity index (χ2v) is 11.1. The molecule has 0 aliphatic carbocycles. The summed E-state index contributed by atoms with van der Waals surface area (Å²) in [5, 5.41) is 7.42. The van der Waals surface area contributed by atoms with Crippen molar-refractivity contribution in [3.05, 3.63) is 74.8 Å². The third-order valence-corrected chi connectivity index (χ3v) is 7.37. The number of thiazole rings is 1. The van der Waals surface area contributed by atoms with Gasteiger partial charge in [-0.2, -0.15) is 5.10 Å². The lowest BCUT2D eigenvalue weighted by molar-refractivity contribution is 0.520.